The number of thioether (sulfide) groups is 1. The van der Waals surface area contributed by atoms with Crippen molar-refractivity contribution in [3.05, 3.63) is 30.3 Å². The summed E-state index contributed by atoms with van der Waals surface area (Å²) in [7, 11) is -1.68. The fourth-order valence-electron chi connectivity index (χ4n) is 1.11. The third-order valence-corrected chi connectivity index (χ3v) is 4.52. The van der Waals surface area contributed by atoms with Crippen LogP contribution in [0.1, 0.15) is 0 Å². The van der Waals surface area contributed by atoms with Crippen LogP contribution in [0.2, 0.25) is 0 Å². The Bertz CT molecular complexity index is 389. The normalized spacial score (nSPS) is 11.9. The molecular formula is C10H15NO2S2. The Balaban J connectivity index is 2.84. The molecule has 0 N–H and O–H groups in total. The Morgan fingerprint density at radius 3 is 2.40 bits per heavy atom. The first kappa shape index (κ1) is 12.5. The van der Waals surface area contributed by atoms with Gasteiger partial charge in [-0.25, -0.2) is 12.7 Å². The maximum Gasteiger partial charge on any atom is 0.242 e. The molecule has 1 aromatic carbocycles. The van der Waals surface area contributed by atoms with Crippen LogP contribution >= 0.6 is 11.8 Å². The molecule has 0 bridgehead atoms. The van der Waals surface area contributed by atoms with Gasteiger partial charge < -0.3 is 0 Å². The molecular weight excluding hydrogens is 230 g/mol. The van der Waals surface area contributed by atoms with E-state index in [1.54, 1.807) is 49.1 Å². The topological polar surface area (TPSA) is 37.4 Å². The first-order valence-corrected chi connectivity index (χ1v) is 7.42. The molecule has 15 heavy (non-hydrogen) atoms. The highest BCUT2D eigenvalue weighted by molar-refractivity contribution is 7.98. The Kier molecular flexibility index (Phi) is 4.63. The predicted octanol–water partition coefficient (Wildman–Crippen LogP) is 1.67. The van der Waals surface area contributed by atoms with Crippen molar-refractivity contribution in [2.45, 2.75) is 4.90 Å². The predicted molar refractivity (Wildman–Crippen MR) is 64.6 cm³/mol. The van der Waals surface area contributed by atoms with Crippen molar-refractivity contribution in [1.82, 2.24) is 4.31 Å². The lowest BCUT2D eigenvalue weighted by Gasteiger charge is -2.16. The van der Waals surface area contributed by atoms with Gasteiger partial charge in [0.15, 0.2) is 0 Å². The van der Waals surface area contributed by atoms with Crippen LogP contribution in [0.3, 0.4) is 0 Å². The standard InChI is InChI=1S/C10H15NO2S2/c1-11(8-9-14-2)15(12,13)10-6-4-3-5-7-10/h3-7H,8-9H2,1-2H3. The van der Waals surface area contributed by atoms with E-state index in [1.807, 2.05) is 6.26 Å². The van der Waals surface area contributed by atoms with Crippen LogP contribution in [0, 0.1) is 0 Å². The Morgan fingerprint density at radius 1 is 1.27 bits per heavy atom. The van der Waals surface area contributed by atoms with Crippen LogP contribution in [-0.2, 0) is 10.0 Å². The summed E-state index contributed by atoms with van der Waals surface area (Å²) in [5.74, 6) is 0.808. The zero-order valence-electron chi connectivity index (χ0n) is 8.88. The molecule has 0 aromatic heterocycles. The van der Waals surface area contributed by atoms with Crippen LogP contribution in [-0.4, -0.2) is 38.3 Å². The van der Waals surface area contributed by atoms with Gasteiger partial charge in [-0.05, 0) is 18.4 Å². The van der Waals surface area contributed by atoms with E-state index in [0.29, 0.717) is 11.4 Å². The molecule has 0 unspecified atom stereocenters. The van der Waals surface area contributed by atoms with Gasteiger partial charge in [-0.15, -0.1) is 0 Å². The highest BCUT2D eigenvalue weighted by Gasteiger charge is 2.19. The van der Waals surface area contributed by atoms with Crippen LogP contribution in [0.5, 0.6) is 0 Å². The summed E-state index contributed by atoms with van der Waals surface area (Å²) in [5, 5.41) is 0. The average molecular weight is 245 g/mol. The minimum Gasteiger partial charge on any atom is -0.207 e. The number of rotatable bonds is 5. The first-order valence-electron chi connectivity index (χ1n) is 4.59. The monoisotopic (exact) mass is 245 g/mol. The number of benzene rings is 1. The van der Waals surface area contributed by atoms with Gasteiger partial charge in [0.1, 0.15) is 0 Å². The molecule has 0 fully saturated rings. The highest BCUT2D eigenvalue weighted by Crippen LogP contribution is 2.13. The molecule has 3 nitrogen and oxygen atoms in total. The molecule has 1 aromatic rings. The third-order valence-electron chi connectivity index (χ3n) is 2.06. The molecule has 84 valence electrons. The summed E-state index contributed by atoms with van der Waals surface area (Å²) in [6.45, 7) is 0.540. The maximum atomic E-state index is 12.0. The second-order valence-corrected chi connectivity index (χ2v) is 6.16. The smallest absolute Gasteiger partial charge is 0.207 e. The van der Waals surface area contributed by atoms with Gasteiger partial charge in [0, 0.05) is 19.3 Å². The minimum absolute atomic E-state index is 0.355. The average Bonchev–Trinajstić information content (AvgIpc) is 2.27. The van der Waals surface area contributed by atoms with E-state index in [0.717, 1.165) is 5.75 Å². The SMILES string of the molecule is CSCCN(C)S(=O)(=O)c1ccccc1. The summed E-state index contributed by atoms with van der Waals surface area (Å²) in [4.78, 5) is 0.355. The van der Waals surface area contributed by atoms with E-state index in [4.69, 9.17) is 0 Å². The number of nitrogens with zero attached hydrogens (tertiary/aromatic N) is 1. The molecule has 0 aliphatic carbocycles. The molecule has 0 amide bonds. The zero-order chi connectivity index (χ0) is 11.3. The van der Waals surface area contributed by atoms with Gasteiger partial charge in [-0.1, -0.05) is 18.2 Å². The molecule has 0 radical (unpaired) electrons. The summed E-state index contributed by atoms with van der Waals surface area (Å²) >= 11 is 1.64. The minimum atomic E-state index is -3.29. The van der Waals surface area contributed by atoms with Crippen LogP contribution in [0.4, 0.5) is 0 Å². The van der Waals surface area contributed by atoms with E-state index in [2.05, 4.69) is 0 Å². The van der Waals surface area contributed by atoms with E-state index >= 15 is 0 Å². The van der Waals surface area contributed by atoms with Gasteiger partial charge in [0.2, 0.25) is 10.0 Å². The second-order valence-electron chi connectivity index (χ2n) is 3.13. The number of hydrogen-bond acceptors (Lipinski definition) is 3. The van der Waals surface area contributed by atoms with Gasteiger partial charge in [-0.2, -0.15) is 11.8 Å². The van der Waals surface area contributed by atoms with Crippen molar-refractivity contribution in [2.24, 2.45) is 0 Å². The Morgan fingerprint density at radius 2 is 1.87 bits per heavy atom. The van der Waals surface area contributed by atoms with Crippen LogP contribution in [0.25, 0.3) is 0 Å². The number of hydrogen-bond donors (Lipinski definition) is 0. The molecule has 0 heterocycles. The molecule has 5 heteroatoms. The van der Waals surface area contributed by atoms with Gasteiger partial charge in [0.05, 0.1) is 4.90 Å². The van der Waals surface area contributed by atoms with Crippen molar-refractivity contribution < 1.29 is 8.42 Å². The fraction of sp³-hybridized carbons (Fsp3) is 0.400. The molecule has 0 spiro atoms. The lowest BCUT2D eigenvalue weighted by molar-refractivity contribution is 0.488. The Hall–Kier alpha value is -0.520. The van der Waals surface area contributed by atoms with Crippen molar-refractivity contribution in [3.63, 3.8) is 0 Å². The van der Waals surface area contributed by atoms with E-state index in [1.165, 1.54) is 4.31 Å². The molecule has 0 atom stereocenters. The highest BCUT2D eigenvalue weighted by atomic mass is 32.2. The molecule has 0 aliphatic heterocycles. The summed E-state index contributed by atoms with van der Waals surface area (Å²) < 4.78 is 25.3. The van der Waals surface area contributed by atoms with E-state index < -0.39 is 10.0 Å². The molecule has 0 aliphatic rings. The second kappa shape index (κ2) is 5.53. The number of sulfonamides is 1. The van der Waals surface area contributed by atoms with E-state index in [-0.39, 0.29) is 0 Å². The zero-order valence-corrected chi connectivity index (χ0v) is 10.5. The van der Waals surface area contributed by atoms with Gasteiger partial charge in [-0.3, -0.25) is 0 Å². The molecule has 0 saturated carbocycles. The summed E-state index contributed by atoms with van der Waals surface area (Å²) in [6, 6.07) is 8.50. The quantitative estimate of drug-likeness (QED) is 0.792. The third kappa shape index (κ3) is 3.22. The van der Waals surface area contributed by atoms with Crippen molar-refractivity contribution >= 4 is 21.8 Å². The lowest BCUT2D eigenvalue weighted by Crippen LogP contribution is -2.29. The van der Waals surface area contributed by atoms with Crippen molar-refractivity contribution in [2.75, 3.05) is 25.6 Å². The van der Waals surface area contributed by atoms with E-state index in [9.17, 15) is 8.42 Å². The molecule has 1 rings (SSSR count). The van der Waals surface area contributed by atoms with Gasteiger partial charge >= 0.3 is 0 Å². The summed E-state index contributed by atoms with van der Waals surface area (Å²) in [6.07, 6.45) is 1.96. The van der Waals surface area contributed by atoms with Crippen LogP contribution < -0.4 is 0 Å². The summed E-state index contributed by atoms with van der Waals surface area (Å²) in [5.41, 5.74) is 0. The van der Waals surface area contributed by atoms with Crippen molar-refractivity contribution in [3.8, 4) is 0 Å². The first-order chi connectivity index (χ1) is 7.09. The van der Waals surface area contributed by atoms with Crippen molar-refractivity contribution in [1.29, 1.82) is 0 Å². The molecule has 0 saturated heterocycles. The fourth-order valence-corrected chi connectivity index (χ4v) is 2.88. The lowest BCUT2D eigenvalue weighted by atomic mass is 10.4. The Labute approximate surface area is 95.5 Å². The maximum absolute atomic E-state index is 12.0. The van der Waals surface area contributed by atoms with Crippen LogP contribution in [0.15, 0.2) is 35.2 Å². The largest absolute Gasteiger partial charge is 0.242 e. The van der Waals surface area contributed by atoms with Gasteiger partial charge in [0.25, 0.3) is 0 Å².